The molecule has 2 aliphatic heterocycles. The molecule has 5 heteroatoms. The molecule has 0 aromatic heterocycles. The van der Waals surface area contributed by atoms with Crippen LogP contribution < -0.4 is 15.4 Å². The Kier molecular flexibility index (Phi) is 5.42. The minimum atomic E-state index is -1.13. The first kappa shape index (κ1) is 24.0. The lowest BCUT2D eigenvalue weighted by atomic mass is 9.77. The third kappa shape index (κ3) is 3.74. The van der Waals surface area contributed by atoms with E-state index in [9.17, 15) is 4.79 Å². The molecule has 0 saturated carbocycles. The van der Waals surface area contributed by atoms with Crippen LogP contribution in [0.3, 0.4) is 0 Å². The second kappa shape index (κ2) is 9.02. The number of nitrogens with one attached hydrogen (secondary N) is 2. The fraction of sp³-hybridized carbons (Fsp3) is 0.114. The summed E-state index contributed by atoms with van der Waals surface area (Å²) >= 11 is 0. The fourth-order valence-corrected chi connectivity index (χ4v) is 5.69. The van der Waals surface area contributed by atoms with Gasteiger partial charge in [-0.25, -0.2) is 4.79 Å². The van der Waals surface area contributed by atoms with Crippen molar-refractivity contribution in [3.8, 4) is 11.5 Å². The third-order valence-corrected chi connectivity index (χ3v) is 7.91. The average molecular weight is 525 g/mol. The molecule has 0 bridgehead atoms. The number of carbonyl (C=O) groups excluding carboxylic acids is 1. The van der Waals surface area contributed by atoms with Gasteiger partial charge in [-0.1, -0.05) is 42.5 Å². The molecular formula is C35H28N2O3. The topological polar surface area (TPSA) is 59.6 Å². The largest absolute Gasteiger partial charge is 0.456 e. The summed E-state index contributed by atoms with van der Waals surface area (Å²) in [6, 6.07) is 34.0. The molecule has 1 atom stereocenters. The summed E-state index contributed by atoms with van der Waals surface area (Å²) in [5.74, 6) is 0.968. The number of aryl methyl sites for hydroxylation is 3. The second-order valence-electron chi connectivity index (χ2n) is 10.5. The van der Waals surface area contributed by atoms with Gasteiger partial charge in [0.1, 0.15) is 11.5 Å². The van der Waals surface area contributed by atoms with Crippen LogP contribution >= 0.6 is 0 Å². The lowest BCUT2D eigenvalue weighted by Gasteiger charge is -2.37. The van der Waals surface area contributed by atoms with E-state index in [2.05, 4.69) is 48.7 Å². The molecule has 5 nitrogen and oxygen atoms in total. The summed E-state index contributed by atoms with van der Waals surface area (Å²) in [5.41, 5.74) is 9.10. The summed E-state index contributed by atoms with van der Waals surface area (Å²) in [6.07, 6.45) is 0. The zero-order valence-corrected chi connectivity index (χ0v) is 22.5. The van der Waals surface area contributed by atoms with Crippen LogP contribution in [-0.4, -0.2) is 5.97 Å². The number of rotatable bonds is 4. The molecule has 2 aliphatic rings. The van der Waals surface area contributed by atoms with Crippen LogP contribution in [0, 0.1) is 20.8 Å². The van der Waals surface area contributed by atoms with Crippen molar-refractivity contribution < 1.29 is 14.3 Å². The van der Waals surface area contributed by atoms with Crippen molar-refractivity contribution in [3.05, 3.63) is 142 Å². The van der Waals surface area contributed by atoms with Gasteiger partial charge in [-0.15, -0.1) is 0 Å². The molecule has 1 spiro atoms. The first-order valence-corrected chi connectivity index (χ1v) is 13.4. The second-order valence-corrected chi connectivity index (χ2v) is 10.5. The predicted molar refractivity (Wildman–Crippen MR) is 158 cm³/mol. The van der Waals surface area contributed by atoms with Crippen LogP contribution in [0.4, 0.5) is 22.7 Å². The number of hydrogen-bond acceptors (Lipinski definition) is 5. The Bertz CT molecular complexity index is 1810. The number of para-hydroxylation sites is 1. The number of ether oxygens (including phenoxy) is 2. The molecular weight excluding hydrogens is 496 g/mol. The molecule has 196 valence electrons. The summed E-state index contributed by atoms with van der Waals surface area (Å²) in [4.78, 5) is 13.3. The first-order chi connectivity index (χ1) is 19.4. The fourth-order valence-electron chi connectivity index (χ4n) is 5.69. The van der Waals surface area contributed by atoms with Crippen molar-refractivity contribution in [2.24, 2.45) is 0 Å². The standard InChI is InChI=1S/C35H28N2O3/c1-21-13-14-25(17-22(21)2)36-26-15-16-29-33(19-26)39-32-18-23(3)31(37-24-9-5-4-6-10-24)20-30(32)35(29)28-12-8-7-11-27(28)34(38)40-35/h4-20,36-37H,1-3H3. The molecule has 1 unspecified atom stereocenters. The minimum absolute atomic E-state index is 0.343. The maximum atomic E-state index is 13.3. The Hall–Kier alpha value is -5.03. The normalized spacial score (nSPS) is 16.4. The van der Waals surface area contributed by atoms with Gasteiger partial charge in [0, 0.05) is 45.5 Å². The highest BCUT2D eigenvalue weighted by Gasteiger charge is 2.53. The van der Waals surface area contributed by atoms with E-state index < -0.39 is 5.60 Å². The van der Waals surface area contributed by atoms with E-state index in [1.165, 1.54) is 11.1 Å². The van der Waals surface area contributed by atoms with Gasteiger partial charge < -0.3 is 20.1 Å². The number of fused-ring (bicyclic) bond motifs is 6. The van der Waals surface area contributed by atoms with Crippen LogP contribution in [0.2, 0.25) is 0 Å². The quantitative estimate of drug-likeness (QED) is 0.230. The monoisotopic (exact) mass is 524 g/mol. The van der Waals surface area contributed by atoms with Crippen LogP contribution in [0.15, 0.2) is 103 Å². The van der Waals surface area contributed by atoms with E-state index in [-0.39, 0.29) is 5.97 Å². The molecule has 0 fully saturated rings. The molecule has 40 heavy (non-hydrogen) atoms. The zero-order valence-electron chi connectivity index (χ0n) is 22.5. The van der Waals surface area contributed by atoms with Crippen LogP contribution in [0.25, 0.3) is 0 Å². The summed E-state index contributed by atoms with van der Waals surface area (Å²) in [5, 5.41) is 7.03. The van der Waals surface area contributed by atoms with E-state index in [0.717, 1.165) is 45.0 Å². The highest BCUT2D eigenvalue weighted by Crippen LogP contribution is 2.57. The number of hydrogen-bond donors (Lipinski definition) is 2. The van der Waals surface area contributed by atoms with Gasteiger partial charge in [0.25, 0.3) is 0 Å². The molecule has 0 aliphatic carbocycles. The van der Waals surface area contributed by atoms with E-state index in [4.69, 9.17) is 9.47 Å². The van der Waals surface area contributed by atoms with Gasteiger partial charge in [-0.05, 0) is 92.1 Å². The van der Waals surface area contributed by atoms with Gasteiger partial charge in [0.15, 0.2) is 5.60 Å². The molecule has 2 N–H and O–H groups in total. The molecule has 5 aromatic carbocycles. The van der Waals surface area contributed by atoms with Crippen molar-refractivity contribution in [3.63, 3.8) is 0 Å². The summed E-state index contributed by atoms with van der Waals surface area (Å²) < 4.78 is 12.9. The Balaban J connectivity index is 1.39. The SMILES string of the molecule is Cc1ccc(Nc2ccc3c(c2)Oc2cc(C)c(Nc4ccccc4)cc2C32OC(=O)c3ccccc32)cc1C. The van der Waals surface area contributed by atoms with Gasteiger partial charge in [-0.2, -0.15) is 0 Å². The lowest BCUT2D eigenvalue weighted by molar-refractivity contribution is 0.0224. The molecule has 0 amide bonds. The Labute approximate surface area is 233 Å². The van der Waals surface area contributed by atoms with E-state index in [0.29, 0.717) is 17.1 Å². The van der Waals surface area contributed by atoms with Crippen LogP contribution in [0.5, 0.6) is 11.5 Å². The van der Waals surface area contributed by atoms with Crippen molar-refractivity contribution in [1.29, 1.82) is 0 Å². The van der Waals surface area contributed by atoms with Gasteiger partial charge >= 0.3 is 5.97 Å². The van der Waals surface area contributed by atoms with Gasteiger partial charge in [0.2, 0.25) is 0 Å². The maximum Gasteiger partial charge on any atom is 0.340 e. The summed E-state index contributed by atoms with van der Waals surface area (Å²) in [6.45, 7) is 6.25. The molecule has 0 saturated heterocycles. The van der Waals surface area contributed by atoms with E-state index in [1.807, 2.05) is 85.8 Å². The zero-order chi connectivity index (χ0) is 27.4. The Morgan fingerprint density at radius 3 is 2.12 bits per heavy atom. The van der Waals surface area contributed by atoms with Gasteiger partial charge in [-0.3, -0.25) is 0 Å². The third-order valence-electron chi connectivity index (χ3n) is 7.91. The Morgan fingerprint density at radius 2 is 1.30 bits per heavy atom. The van der Waals surface area contributed by atoms with Gasteiger partial charge in [0.05, 0.1) is 5.56 Å². The smallest absolute Gasteiger partial charge is 0.340 e. The maximum absolute atomic E-state index is 13.3. The number of benzene rings is 5. The molecule has 5 aromatic rings. The van der Waals surface area contributed by atoms with E-state index in [1.54, 1.807) is 0 Å². The van der Waals surface area contributed by atoms with Crippen LogP contribution in [-0.2, 0) is 10.3 Å². The van der Waals surface area contributed by atoms with Crippen LogP contribution in [0.1, 0.15) is 43.7 Å². The molecule has 2 heterocycles. The lowest BCUT2D eigenvalue weighted by Crippen LogP contribution is -2.33. The van der Waals surface area contributed by atoms with Crippen molar-refractivity contribution in [2.75, 3.05) is 10.6 Å². The molecule has 0 radical (unpaired) electrons. The number of esters is 1. The summed E-state index contributed by atoms with van der Waals surface area (Å²) in [7, 11) is 0. The van der Waals surface area contributed by atoms with Crippen molar-refractivity contribution in [1.82, 2.24) is 0 Å². The number of anilines is 4. The van der Waals surface area contributed by atoms with Crippen molar-refractivity contribution >= 4 is 28.7 Å². The van der Waals surface area contributed by atoms with E-state index >= 15 is 0 Å². The highest BCUT2D eigenvalue weighted by atomic mass is 16.6. The highest BCUT2D eigenvalue weighted by molar-refractivity contribution is 5.97. The number of carbonyl (C=O) groups is 1. The van der Waals surface area contributed by atoms with Crippen molar-refractivity contribution in [2.45, 2.75) is 26.4 Å². The average Bonchev–Trinajstić information content (AvgIpc) is 3.25. The predicted octanol–water partition coefficient (Wildman–Crippen LogP) is 8.67. The first-order valence-electron chi connectivity index (χ1n) is 13.4. The minimum Gasteiger partial charge on any atom is -0.456 e. The Morgan fingerprint density at radius 1 is 0.575 bits per heavy atom. The molecule has 7 rings (SSSR count).